The van der Waals surface area contributed by atoms with Crippen LogP contribution in [0.2, 0.25) is 5.02 Å². The normalized spacial score (nSPS) is 12.1. The van der Waals surface area contributed by atoms with Crippen molar-refractivity contribution in [2.75, 3.05) is 10.6 Å². The van der Waals surface area contributed by atoms with Gasteiger partial charge in [-0.05, 0) is 61.2 Å². The van der Waals surface area contributed by atoms with Crippen LogP contribution in [0.15, 0.2) is 41.3 Å². The van der Waals surface area contributed by atoms with Gasteiger partial charge in [0.15, 0.2) is 0 Å². The van der Waals surface area contributed by atoms with Crippen LogP contribution in [0.5, 0.6) is 5.75 Å². The summed E-state index contributed by atoms with van der Waals surface area (Å²) < 4.78 is 41.5. The molecule has 12 heteroatoms. The Hall–Kier alpha value is -1.95. The molecule has 1 unspecified atom stereocenters. The zero-order valence-corrected chi connectivity index (χ0v) is 34.6. The van der Waals surface area contributed by atoms with Crippen LogP contribution >= 0.6 is 11.6 Å². The number of halogens is 1. The molecule has 0 spiro atoms. The molecule has 0 heterocycles. The Labute approximate surface area is 327 Å². The van der Waals surface area contributed by atoms with Crippen LogP contribution in [0.4, 0.5) is 11.4 Å². The minimum absolute atomic E-state index is 0. The Bertz CT molecular complexity index is 1480. The molecule has 0 aliphatic carbocycles. The third kappa shape index (κ3) is 17.5. The third-order valence-electron chi connectivity index (χ3n) is 8.50. The fourth-order valence-electron chi connectivity index (χ4n) is 5.42. The molecule has 2 N–H and O–H groups in total. The average molecular weight is 743 g/mol. The van der Waals surface area contributed by atoms with Gasteiger partial charge in [0, 0.05) is 11.1 Å². The molecule has 1 amide bonds. The largest absolute Gasteiger partial charge is 1.00 e. The molecule has 0 saturated carbocycles. The summed E-state index contributed by atoms with van der Waals surface area (Å²) in [6.45, 7) is 9.26. The molecule has 0 radical (unpaired) electrons. The predicted molar refractivity (Wildman–Crippen MR) is 196 cm³/mol. The molecule has 0 fully saturated rings. The minimum atomic E-state index is -4.71. The zero-order chi connectivity index (χ0) is 36.5. The van der Waals surface area contributed by atoms with E-state index in [0.717, 1.165) is 19.3 Å². The van der Waals surface area contributed by atoms with Crippen LogP contribution in [-0.4, -0.2) is 36.7 Å². The van der Waals surface area contributed by atoms with Gasteiger partial charge in [0.25, 0.3) is 0 Å². The summed E-state index contributed by atoms with van der Waals surface area (Å²) in [5, 5.41) is 6.05. The number of benzene rings is 2. The van der Waals surface area contributed by atoms with Gasteiger partial charge in [0.05, 0.1) is 22.0 Å². The van der Waals surface area contributed by atoms with E-state index in [1.54, 1.807) is 45.9 Å². The van der Waals surface area contributed by atoms with E-state index in [2.05, 4.69) is 17.6 Å². The predicted octanol–water partition coefficient (Wildman–Crippen LogP) is 6.62. The van der Waals surface area contributed by atoms with Gasteiger partial charge in [-0.25, -0.2) is 13.2 Å². The molecular formula is C38H56ClN2NaO7S. The molecule has 1 atom stereocenters. The van der Waals surface area contributed by atoms with Crippen molar-refractivity contribution < 1.29 is 61.6 Å². The SMILES string of the molecule is CCCCCCCCCCCCCCCc1cc(OC(=O)C(CC)Nc2cc(NC(=O)CC(=O)C(C)(C)C)ccc2Cl)ccc1S(=O)(=O)[O-].[Na+]. The number of aryl methyl sites for hydroxylation is 1. The maximum atomic E-state index is 13.2. The number of carbonyl (C=O) groups excluding carboxylic acids is 3. The van der Waals surface area contributed by atoms with Crippen LogP contribution < -0.4 is 44.9 Å². The van der Waals surface area contributed by atoms with Crippen LogP contribution in [0.3, 0.4) is 0 Å². The molecule has 2 aromatic carbocycles. The maximum Gasteiger partial charge on any atom is 1.00 e. The Morgan fingerprint density at radius 2 is 1.40 bits per heavy atom. The number of hydrogen-bond donors (Lipinski definition) is 2. The smallest absolute Gasteiger partial charge is 0.744 e. The van der Waals surface area contributed by atoms with Crippen molar-refractivity contribution in [2.45, 2.75) is 148 Å². The summed E-state index contributed by atoms with van der Waals surface area (Å²) in [5.74, 6) is -1.15. The number of anilines is 2. The van der Waals surface area contributed by atoms with Crippen molar-refractivity contribution in [1.29, 1.82) is 0 Å². The molecule has 2 aromatic rings. The number of hydrogen-bond acceptors (Lipinski definition) is 8. The van der Waals surface area contributed by atoms with Crippen molar-refractivity contribution in [3.8, 4) is 5.75 Å². The van der Waals surface area contributed by atoms with E-state index in [-0.39, 0.29) is 52.4 Å². The molecule has 0 aliphatic heterocycles. The van der Waals surface area contributed by atoms with Gasteiger partial charge in [-0.1, -0.05) is 123 Å². The van der Waals surface area contributed by atoms with Gasteiger partial charge in [-0.3, -0.25) is 9.59 Å². The van der Waals surface area contributed by atoms with Crippen molar-refractivity contribution in [3.05, 3.63) is 47.0 Å². The topological polar surface area (TPSA) is 142 Å². The van der Waals surface area contributed by atoms with E-state index >= 15 is 0 Å². The van der Waals surface area contributed by atoms with E-state index in [4.69, 9.17) is 16.3 Å². The first-order valence-corrected chi connectivity index (χ1v) is 19.6. The summed E-state index contributed by atoms with van der Waals surface area (Å²) in [7, 11) is -4.71. The molecule has 274 valence electrons. The molecular weight excluding hydrogens is 687 g/mol. The summed E-state index contributed by atoms with van der Waals surface area (Å²) in [4.78, 5) is 37.6. The summed E-state index contributed by atoms with van der Waals surface area (Å²) in [6, 6.07) is 7.86. The maximum absolute atomic E-state index is 13.2. The standard InChI is InChI=1S/C38H57ClN2O7S.Na/c1-6-8-9-10-11-12-13-14-15-16-17-18-19-20-28-25-30(22-24-34(28)49(45,46)47)48-37(44)32(7-2)41-33-26-29(21-23-31(33)39)40-36(43)27-35(42)38(3,4)5;/h21-26,32,41H,6-20,27H2,1-5H3,(H,40,43)(H,45,46,47);/q;+1/p-1. The number of Topliss-reactive ketones (excluding diaryl/α,β-unsaturated/α-hetero) is 1. The van der Waals surface area contributed by atoms with Crippen molar-refractivity contribution >= 4 is 50.8 Å². The second-order valence-electron chi connectivity index (χ2n) is 13.8. The second kappa shape index (κ2) is 23.6. The summed E-state index contributed by atoms with van der Waals surface area (Å²) in [6.07, 6.45) is 15.8. The van der Waals surface area contributed by atoms with E-state index in [0.29, 0.717) is 41.2 Å². The number of unbranched alkanes of at least 4 members (excludes halogenated alkanes) is 12. The van der Waals surface area contributed by atoms with Gasteiger partial charge < -0.3 is 19.9 Å². The first-order valence-electron chi connectivity index (χ1n) is 17.9. The molecule has 50 heavy (non-hydrogen) atoms. The number of nitrogens with one attached hydrogen (secondary N) is 2. The van der Waals surface area contributed by atoms with Gasteiger partial charge >= 0.3 is 35.5 Å². The van der Waals surface area contributed by atoms with Crippen LogP contribution in [0.25, 0.3) is 0 Å². The minimum Gasteiger partial charge on any atom is -0.744 e. The molecule has 0 aliphatic rings. The molecule has 0 aromatic heterocycles. The molecule has 9 nitrogen and oxygen atoms in total. The Kier molecular flexibility index (Phi) is 21.7. The van der Waals surface area contributed by atoms with Crippen LogP contribution in [0, 0.1) is 5.41 Å². The Balaban J connectivity index is 0.0000125. The Morgan fingerprint density at radius 1 is 0.840 bits per heavy atom. The van der Waals surface area contributed by atoms with E-state index in [1.807, 2.05) is 0 Å². The van der Waals surface area contributed by atoms with E-state index in [1.165, 1.54) is 76.0 Å². The summed E-state index contributed by atoms with van der Waals surface area (Å²) >= 11 is 6.38. The molecule has 0 bridgehead atoms. The monoisotopic (exact) mass is 742 g/mol. The Morgan fingerprint density at radius 3 is 1.92 bits per heavy atom. The number of ketones is 1. The fourth-order valence-corrected chi connectivity index (χ4v) is 6.31. The van der Waals surface area contributed by atoms with Crippen LogP contribution in [-0.2, 0) is 30.9 Å². The third-order valence-corrected chi connectivity index (χ3v) is 9.77. The van der Waals surface area contributed by atoms with Crippen LogP contribution in [0.1, 0.15) is 136 Å². The number of amides is 1. The number of carbonyl (C=O) groups is 3. The van der Waals surface area contributed by atoms with Gasteiger partial charge in [0.2, 0.25) is 5.91 Å². The molecule has 2 rings (SSSR count). The number of ether oxygens (including phenoxy) is 1. The average Bonchev–Trinajstić information content (AvgIpc) is 3.02. The number of rotatable bonds is 23. The fraction of sp³-hybridized carbons (Fsp3) is 0.605. The van der Waals surface area contributed by atoms with Gasteiger partial charge in [0.1, 0.15) is 27.7 Å². The first-order chi connectivity index (χ1) is 23.1. The quantitative estimate of drug-likeness (QED) is 0.0323. The van der Waals surface area contributed by atoms with Crippen molar-refractivity contribution in [1.82, 2.24) is 0 Å². The van der Waals surface area contributed by atoms with Crippen molar-refractivity contribution in [3.63, 3.8) is 0 Å². The second-order valence-corrected chi connectivity index (χ2v) is 15.6. The van der Waals surface area contributed by atoms with Crippen molar-refractivity contribution in [2.24, 2.45) is 5.41 Å². The van der Waals surface area contributed by atoms with Gasteiger partial charge in [-0.15, -0.1) is 0 Å². The zero-order valence-electron chi connectivity index (χ0n) is 31.0. The van der Waals surface area contributed by atoms with E-state index in [9.17, 15) is 27.4 Å². The first kappa shape index (κ1) is 46.1. The molecule has 0 saturated heterocycles. The van der Waals surface area contributed by atoms with E-state index < -0.39 is 33.5 Å². The number of esters is 1. The summed E-state index contributed by atoms with van der Waals surface area (Å²) in [5.41, 5.74) is 0.464. The van der Waals surface area contributed by atoms with Gasteiger partial charge in [-0.2, -0.15) is 0 Å².